The van der Waals surface area contributed by atoms with E-state index in [-0.39, 0.29) is 5.91 Å². The molecule has 0 aliphatic carbocycles. The summed E-state index contributed by atoms with van der Waals surface area (Å²) in [4.78, 5) is 18.5. The number of carbonyl (C=O) groups excluding carboxylic acids is 1. The molecule has 26 heavy (non-hydrogen) atoms. The Morgan fingerprint density at radius 3 is 2.54 bits per heavy atom. The first-order valence-electron chi connectivity index (χ1n) is 8.94. The lowest BCUT2D eigenvalue weighted by atomic mass is 10.2. The highest BCUT2D eigenvalue weighted by atomic mass is 32.2. The van der Waals surface area contributed by atoms with Crippen molar-refractivity contribution in [3.8, 4) is 0 Å². The maximum Gasteiger partial charge on any atom is 0.275 e. The zero-order chi connectivity index (χ0) is 17.8. The van der Waals surface area contributed by atoms with E-state index in [1.165, 1.54) is 4.90 Å². The SMILES string of the molecule is O=C(c1n[nH]c2ccccc12)N1CCN(CCSc2ccccc2)CC1. The van der Waals surface area contributed by atoms with Crippen molar-refractivity contribution in [1.29, 1.82) is 0 Å². The number of rotatable bonds is 5. The van der Waals surface area contributed by atoms with Gasteiger partial charge in [0.2, 0.25) is 0 Å². The van der Waals surface area contributed by atoms with Crippen LogP contribution in [0.2, 0.25) is 0 Å². The summed E-state index contributed by atoms with van der Waals surface area (Å²) in [6.07, 6.45) is 0. The monoisotopic (exact) mass is 366 g/mol. The second-order valence-electron chi connectivity index (χ2n) is 6.41. The van der Waals surface area contributed by atoms with Crippen LogP contribution in [0, 0.1) is 0 Å². The van der Waals surface area contributed by atoms with E-state index in [4.69, 9.17) is 0 Å². The Balaban J connectivity index is 1.28. The molecule has 1 amide bonds. The normalized spacial score (nSPS) is 15.5. The van der Waals surface area contributed by atoms with Crippen LogP contribution in [0.3, 0.4) is 0 Å². The van der Waals surface area contributed by atoms with E-state index in [0.717, 1.165) is 49.4 Å². The van der Waals surface area contributed by atoms with E-state index in [1.54, 1.807) is 0 Å². The lowest BCUT2D eigenvalue weighted by molar-refractivity contribution is 0.0640. The summed E-state index contributed by atoms with van der Waals surface area (Å²) in [6, 6.07) is 18.3. The zero-order valence-corrected chi connectivity index (χ0v) is 15.4. The Morgan fingerprint density at radius 1 is 1.00 bits per heavy atom. The van der Waals surface area contributed by atoms with Crippen molar-refractivity contribution in [3.05, 3.63) is 60.3 Å². The number of fused-ring (bicyclic) bond motifs is 1. The van der Waals surface area contributed by atoms with Crippen molar-refractivity contribution < 1.29 is 4.79 Å². The Labute approximate surface area is 157 Å². The molecule has 134 valence electrons. The van der Waals surface area contributed by atoms with Gasteiger partial charge in [0.15, 0.2) is 5.69 Å². The van der Waals surface area contributed by atoms with Crippen molar-refractivity contribution in [2.75, 3.05) is 38.5 Å². The van der Waals surface area contributed by atoms with Gasteiger partial charge in [0.05, 0.1) is 5.52 Å². The number of thioether (sulfide) groups is 1. The third kappa shape index (κ3) is 3.76. The van der Waals surface area contributed by atoms with Crippen molar-refractivity contribution in [1.82, 2.24) is 20.0 Å². The van der Waals surface area contributed by atoms with E-state index >= 15 is 0 Å². The summed E-state index contributed by atoms with van der Waals surface area (Å²) in [7, 11) is 0. The first-order valence-corrected chi connectivity index (χ1v) is 9.92. The van der Waals surface area contributed by atoms with E-state index in [9.17, 15) is 4.79 Å². The van der Waals surface area contributed by atoms with Gasteiger partial charge in [0, 0.05) is 48.8 Å². The number of hydrogen-bond donors (Lipinski definition) is 1. The molecule has 1 fully saturated rings. The van der Waals surface area contributed by atoms with E-state index in [2.05, 4.69) is 39.4 Å². The number of carbonyl (C=O) groups is 1. The van der Waals surface area contributed by atoms with E-state index in [0.29, 0.717) is 5.69 Å². The third-order valence-corrected chi connectivity index (χ3v) is 5.74. The summed E-state index contributed by atoms with van der Waals surface area (Å²) in [6.45, 7) is 4.41. The molecule has 1 aromatic heterocycles. The van der Waals surface area contributed by atoms with Crippen molar-refractivity contribution in [3.63, 3.8) is 0 Å². The van der Waals surface area contributed by atoms with E-state index in [1.807, 2.05) is 47.0 Å². The Morgan fingerprint density at radius 2 is 1.73 bits per heavy atom. The van der Waals surface area contributed by atoms with Gasteiger partial charge in [-0.05, 0) is 18.2 Å². The fraction of sp³-hybridized carbons (Fsp3) is 0.300. The number of nitrogens with one attached hydrogen (secondary N) is 1. The Hall–Kier alpha value is -2.31. The zero-order valence-electron chi connectivity index (χ0n) is 14.6. The van der Waals surface area contributed by atoms with Gasteiger partial charge in [-0.2, -0.15) is 5.10 Å². The topological polar surface area (TPSA) is 52.2 Å². The minimum atomic E-state index is 0.0285. The van der Waals surface area contributed by atoms with Crippen LogP contribution in [-0.2, 0) is 0 Å². The standard InChI is InChI=1S/C20H22N4OS/c25-20(19-17-8-4-5-9-18(17)21-22-19)24-12-10-23(11-13-24)14-15-26-16-6-2-1-3-7-16/h1-9H,10-15H2,(H,21,22). The van der Waals surface area contributed by atoms with Crippen LogP contribution in [0.4, 0.5) is 0 Å². The number of aromatic amines is 1. The number of piperazine rings is 1. The van der Waals surface area contributed by atoms with Crippen molar-refractivity contribution in [2.45, 2.75) is 4.90 Å². The number of H-pyrrole nitrogens is 1. The number of amides is 1. The lowest BCUT2D eigenvalue weighted by Gasteiger charge is -2.34. The van der Waals surface area contributed by atoms with Gasteiger partial charge in [0.1, 0.15) is 0 Å². The van der Waals surface area contributed by atoms with Crippen LogP contribution in [0.15, 0.2) is 59.5 Å². The first-order chi connectivity index (χ1) is 12.8. The lowest BCUT2D eigenvalue weighted by Crippen LogP contribution is -2.49. The highest BCUT2D eigenvalue weighted by Gasteiger charge is 2.24. The molecule has 1 N–H and O–H groups in total. The summed E-state index contributed by atoms with van der Waals surface area (Å²) < 4.78 is 0. The second kappa shape index (κ2) is 7.93. The minimum absolute atomic E-state index is 0.0285. The first kappa shape index (κ1) is 17.1. The molecule has 0 bridgehead atoms. The largest absolute Gasteiger partial charge is 0.335 e. The molecule has 0 radical (unpaired) electrons. The summed E-state index contributed by atoms with van der Waals surface area (Å²) in [5.41, 5.74) is 1.45. The molecule has 0 atom stereocenters. The van der Waals surface area contributed by atoms with Crippen molar-refractivity contribution in [2.24, 2.45) is 0 Å². The van der Waals surface area contributed by atoms with Gasteiger partial charge < -0.3 is 4.90 Å². The number of aromatic nitrogens is 2. The van der Waals surface area contributed by atoms with Gasteiger partial charge in [-0.3, -0.25) is 14.8 Å². The molecule has 1 aliphatic heterocycles. The molecule has 1 saturated heterocycles. The third-order valence-electron chi connectivity index (χ3n) is 4.75. The number of hydrogen-bond acceptors (Lipinski definition) is 4. The van der Waals surface area contributed by atoms with Crippen LogP contribution in [0.25, 0.3) is 10.9 Å². The summed E-state index contributed by atoms with van der Waals surface area (Å²) >= 11 is 1.88. The van der Waals surface area contributed by atoms with Gasteiger partial charge >= 0.3 is 0 Å². The molecule has 5 nitrogen and oxygen atoms in total. The average Bonchev–Trinajstić information content (AvgIpc) is 3.13. The molecule has 0 unspecified atom stereocenters. The van der Waals surface area contributed by atoms with Gasteiger partial charge in [0.25, 0.3) is 5.91 Å². The molecule has 4 rings (SSSR count). The van der Waals surface area contributed by atoms with Crippen LogP contribution in [0.1, 0.15) is 10.5 Å². The maximum absolute atomic E-state index is 12.8. The quantitative estimate of drug-likeness (QED) is 0.705. The fourth-order valence-corrected chi connectivity index (χ4v) is 4.19. The minimum Gasteiger partial charge on any atom is -0.335 e. The summed E-state index contributed by atoms with van der Waals surface area (Å²) in [5, 5.41) is 8.09. The molecule has 0 saturated carbocycles. The number of nitrogens with zero attached hydrogens (tertiary/aromatic N) is 3. The smallest absolute Gasteiger partial charge is 0.275 e. The summed E-state index contributed by atoms with van der Waals surface area (Å²) in [5.74, 6) is 1.10. The highest BCUT2D eigenvalue weighted by molar-refractivity contribution is 7.99. The van der Waals surface area contributed by atoms with Crippen molar-refractivity contribution >= 4 is 28.6 Å². The number of benzene rings is 2. The molecule has 6 heteroatoms. The van der Waals surface area contributed by atoms with Gasteiger partial charge in [-0.15, -0.1) is 11.8 Å². The van der Waals surface area contributed by atoms with E-state index < -0.39 is 0 Å². The van der Waals surface area contributed by atoms with Crippen LogP contribution >= 0.6 is 11.8 Å². The van der Waals surface area contributed by atoms with Crippen LogP contribution in [0.5, 0.6) is 0 Å². The van der Waals surface area contributed by atoms with Crippen LogP contribution in [-0.4, -0.2) is 64.4 Å². The molecule has 2 heterocycles. The predicted octanol–water partition coefficient (Wildman–Crippen LogP) is 3.11. The highest BCUT2D eigenvalue weighted by Crippen LogP contribution is 2.19. The molecule has 3 aromatic rings. The van der Waals surface area contributed by atoms with Crippen LogP contribution < -0.4 is 0 Å². The Bertz CT molecular complexity index is 872. The molecular formula is C20H22N4OS. The Kier molecular flexibility index (Phi) is 5.22. The second-order valence-corrected chi connectivity index (χ2v) is 7.58. The molecule has 1 aliphatic rings. The maximum atomic E-state index is 12.8. The fourth-order valence-electron chi connectivity index (χ4n) is 3.26. The van der Waals surface area contributed by atoms with Gasteiger partial charge in [-0.25, -0.2) is 0 Å². The molecule has 0 spiro atoms. The number of para-hydroxylation sites is 1. The van der Waals surface area contributed by atoms with Gasteiger partial charge in [-0.1, -0.05) is 36.4 Å². The molecular weight excluding hydrogens is 344 g/mol. The predicted molar refractivity (Wildman–Crippen MR) is 106 cm³/mol. The average molecular weight is 366 g/mol. The molecule has 2 aromatic carbocycles.